The lowest BCUT2D eigenvalue weighted by molar-refractivity contribution is 0.0953. The van der Waals surface area contributed by atoms with Gasteiger partial charge in [-0.25, -0.2) is 10.8 Å². The minimum Gasteiger partial charge on any atom is -0.493 e. The minimum atomic E-state index is -0.406. The van der Waals surface area contributed by atoms with Gasteiger partial charge in [-0.15, -0.1) is 11.3 Å². The number of hydrazine groups is 1. The molecule has 0 bridgehead atoms. The molecule has 1 aromatic carbocycles. The second-order valence-corrected chi connectivity index (χ2v) is 5.10. The molecule has 0 fully saturated rings. The third kappa shape index (κ3) is 3.71. The van der Waals surface area contributed by atoms with Gasteiger partial charge in [0.15, 0.2) is 16.5 Å². The van der Waals surface area contributed by atoms with Crippen LogP contribution < -0.4 is 20.7 Å². The zero-order valence-electron chi connectivity index (χ0n) is 11.9. The summed E-state index contributed by atoms with van der Waals surface area (Å²) in [6.07, 6.45) is 0.931. The number of methoxy groups -OCH3 is 1. The number of hydrogen-bond acceptors (Lipinski definition) is 6. The third-order valence-electron chi connectivity index (χ3n) is 2.89. The second kappa shape index (κ2) is 7.05. The first-order valence-electron chi connectivity index (χ1n) is 6.43. The number of aromatic nitrogens is 1. The highest BCUT2D eigenvalue weighted by Gasteiger charge is 2.11. The molecule has 112 valence electrons. The van der Waals surface area contributed by atoms with Crippen LogP contribution in [0.2, 0.25) is 0 Å². The molecule has 21 heavy (non-hydrogen) atoms. The number of carbonyl (C=O) groups is 1. The number of amides is 1. The van der Waals surface area contributed by atoms with Gasteiger partial charge in [0, 0.05) is 5.38 Å². The highest BCUT2D eigenvalue weighted by atomic mass is 32.1. The Kier molecular flexibility index (Phi) is 5.13. The molecular weight excluding hydrogens is 290 g/mol. The van der Waals surface area contributed by atoms with E-state index in [0.29, 0.717) is 22.2 Å². The number of nitrogen functional groups attached to an aromatic ring is 1. The largest absolute Gasteiger partial charge is 0.493 e. The molecule has 0 aliphatic carbocycles. The lowest BCUT2D eigenvalue weighted by atomic mass is 10.1. The van der Waals surface area contributed by atoms with Crippen LogP contribution in [0.25, 0.3) is 0 Å². The average molecular weight is 307 g/mol. The number of carbonyl (C=O) groups excluding carboxylic acids is 1. The van der Waals surface area contributed by atoms with Crippen LogP contribution in [-0.2, 0) is 13.0 Å². The Hall–Kier alpha value is -2.12. The van der Waals surface area contributed by atoms with Crippen LogP contribution in [-0.4, -0.2) is 18.0 Å². The summed E-state index contributed by atoms with van der Waals surface area (Å²) in [5, 5.41) is 2.07. The number of thiazole rings is 1. The number of ether oxygens (including phenoxy) is 2. The molecule has 6 nitrogen and oxygen atoms in total. The number of hydrogen-bond donors (Lipinski definition) is 2. The first-order chi connectivity index (χ1) is 10.2. The van der Waals surface area contributed by atoms with Gasteiger partial charge >= 0.3 is 0 Å². The van der Waals surface area contributed by atoms with Crippen LogP contribution in [0.5, 0.6) is 11.5 Å². The Bertz CT molecular complexity index is 628. The Labute approximate surface area is 126 Å². The van der Waals surface area contributed by atoms with E-state index < -0.39 is 5.91 Å². The van der Waals surface area contributed by atoms with Crippen molar-refractivity contribution in [2.75, 3.05) is 7.11 Å². The molecule has 0 atom stereocenters. The van der Waals surface area contributed by atoms with E-state index in [1.807, 2.05) is 23.6 Å². The number of benzene rings is 1. The van der Waals surface area contributed by atoms with E-state index in [2.05, 4.69) is 11.9 Å². The molecule has 1 amide bonds. The van der Waals surface area contributed by atoms with Crippen LogP contribution in [0.4, 0.5) is 0 Å². The van der Waals surface area contributed by atoms with E-state index in [1.165, 1.54) is 16.9 Å². The first kappa shape index (κ1) is 15.3. The van der Waals surface area contributed by atoms with Crippen LogP contribution in [0, 0.1) is 0 Å². The highest BCUT2D eigenvalue weighted by Crippen LogP contribution is 2.29. The van der Waals surface area contributed by atoms with Gasteiger partial charge in [-0.05, 0) is 24.1 Å². The monoisotopic (exact) mass is 307 g/mol. The summed E-state index contributed by atoms with van der Waals surface area (Å²) >= 11 is 1.22. The number of nitrogens with zero attached hydrogens (tertiary/aromatic N) is 1. The minimum absolute atomic E-state index is 0.260. The quantitative estimate of drug-likeness (QED) is 0.483. The standard InChI is InChI=1S/C14H17N3O3S/c1-3-9-4-5-11(12(6-9)19-2)20-7-10-8-21-14(16-10)13(18)17-15/h4-6,8H,3,7,15H2,1-2H3,(H,17,18). The maximum Gasteiger partial charge on any atom is 0.294 e. The summed E-state index contributed by atoms with van der Waals surface area (Å²) in [7, 11) is 1.61. The fourth-order valence-corrected chi connectivity index (χ4v) is 2.45. The zero-order chi connectivity index (χ0) is 15.2. The van der Waals surface area contributed by atoms with Gasteiger partial charge in [0.1, 0.15) is 6.61 Å². The van der Waals surface area contributed by atoms with Crippen molar-refractivity contribution in [2.45, 2.75) is 20.0 Å². The van der Waals surface area contributed by atoms with Gasteiger partial charge in [-0.2, -0.15) is 0 Å². The SMILES string of the molecule is CCc1ccc(OCc2csc(C(=O)NN)n2)c(OC)c1. The van der Waals surface area contributed by atoms with Gasteiger partial charge in [-0.1, -0.05) is 13.0 Å². The van der Waals surface area contributed by atoms with E-state index in [1.54, 1.807) is 12.5 Å². The van der Waals surface area contributed by atoms with Crippen molar-refractivity contribution in [1.82, 2.24) is 10.4 Å². The maximum absolute atomic E-state index is 11.3. The highest BCUT2D eigenvalue weighted by molar-refractivity contribution is 7.11. The van der Waals surface area contributed by atoms with E-state index >= 15 is 0 Å². The summed E-state index contributed by atoms with van der Waals surface area (Å²) in [6, 6.07) is 5.81. The molecule has 0 saturated carbocycles. The van der Waals surface area contributed by atoms with Gasteiger partial charge in [0.2, 0.25) is 0 Å². The summed E-state index contributed by atoms with van der Waals surface area (Å²) in [5.74, 6) is 5.99. The average Bonchev–Trinajstić information content (AvgIpc) is 3.00. The lowest BCUT2D eigenvalue weighted by Crippen LogP contribution is -2.29. The van der Waals surface area contributed by atoms with Crippen molar-refractivity contribution < 1.29 is 14.3 Å². The predicted molar refractivity (Wildman–Crippen MR) is 80.5 cm³/mol. The first-order valence-corrected chi connectivity index (χ1v) is 7.31. The van der Waals surface area contributed by atoms with Crippen molar-refractivity contribution in [2.24, 2.45) is 5.84 Å². The van der Waals surface area contributed by atoms with E-state index in [9.17, 15) is 4.79 Å². The fraction of sp³-hybridized carbons (Fsp3) is 0.286. The molecule has 7 heteroatoms. The van der Waals surface area contributed by atoms with Crippen molar-refractivity contribution in [3.63, 3.8) is 0 Å². The molecule has 0 aliphatic heterocycles. The van der Waals surface area contributed by atoms with Crippen LogP contribution in [0.15, 0.2) is 23.6 Å². The molecule has 2 rings (SSSR count). The molecule has 1 aromatic heterocycles. The molecule has 2 aromatic rings. The second-order valence-electron chi connectivity index (χ2n) is 4.24. The van der Waals surface area contributed by atoms with Gasteiger partial charge in [-0.3, -0.25) is 10.2 Å². The fourth-order valence-electron chi connectivity index (χ4n) is 1.74. The summed E-state index contributed by atoms with van der Waals surface area (Å²) in [5.41, 5.74) is 3.89. The Morgan fingerprint density at radius 1 is 1.43 bits per heavy atom. The molecule has 3 N–H and O–H groups in total. The molecule has 0 aliphatic rings. The molecule has 0 unspecified atom stereocenters. The van der Waals surface area contributed by atoms with Crippen LogP contribution in [0.1, 0.15) is 28.0 Å². The zero-order valence-corrected chi connectivity index (χ0v) is 12.7. The molecular formula is C14H17N3O3S. The Morgan fingerprint density at radius 3 is 2.90 bits per heavy atom. The lowest BCUT2D eigenvalue weighted by Gasteiger charge is -2.10. The van der Waals surface area contributed by atoms with E-state index in [-0.39, 0.29) is 6.61 Å². The van der Waals surface area contributed by atoms with Crippen molar-refractivity contribution in [3.8, 4) is 11.5 Å². The maximum atomic E-state index is 11.3. The predicted octanol–water partition coefficient (Wildman–Crippen LogP) is 1.90. The Morgan fingerprint density at radius 2 is 2.24 bits per heavy atom. The summed E-state index contributed by atoms with van der Waals surface area (Å²) in [4.78, 5) is 15.5. The third-order valence-corrected chi connectivity index (χ3v) is 3.78. The van der Waals surface area contributed by atoms with Crippen molar-refractivity contribution >= 4 is 17.2 Å². The topological polar surface area (TPSA) is 86.5 Å². The van der Waals surface area contributed by atoms with E-state index in [4.69, 9.17) is 15.3 Å². The number of nitrogens with one attached hydrogen (secondary N) is 1. The van der Waals surface area contributed by atoms with Gasteiger partial charge < -0.3 is 9.47 Å². The van der Waals surface area contributed by atoms with Crippen molar-refractivity contribution in [3.05, 3.63) is 39.8 Å². The van der Waals surface area contributed by atoms with Crippen LogP contribution >= 0.6 is 11.3 Å². The number of nitrogens with two attached hydrogens (primary N) is 1. The number of aryl methyl sites for hydroxylation is 1. The van der Waals surface area contributed by atoms with Gasteiger partial charge in [0.05, 0.1) is 12.8 Å². The molecule has 0 spiro atoms. The van der Waals surface area contributed by atoms with Gasteiger partial charge in [0.25, 0.3) is 5.91 Å². The smallest absolute Gasteiger partial charge is 0.294 e. The van der Waals surface area contributed by atoms with E-state index in [0.717, 1.165) is 6.42 Å². The normalized spacial score (nSPS) is 10.2. The van der Waals surface area contributed by atoms with Crippen molar-refractivity contribution in [1.29, 1.82) is 0 Å². The van der Waals surface area contributed by atoms with Crippen LogP contribution in [0.3, 0.4) is 0 Å². The summed E-state index contributed by atoms with van der Waals surface area (Å²) < 4.78 is 11.0. The molecule has 1 heterocycles. The molecule has 0 saturated heterocycles. The summed E-state index contributed by atoms with van der Waals surface area (Å²) in [6.45, 7) is 2.34. The Balaban J connectivity index is 2.06. The molecule has 0 radical (unpaired) electrons. The number of rotatable bonds is 6.